The fourth-order valence-electron chi connectivity index (χ4n) is 2.38. The SMILES string of the molecule is O=C1C(=O)c2c(-c3cccnc3)noc2-c2cccnc21. The van der Waals surface area contributed by atoms with Crippen LogP contribution >= 0.6 is 0 Å². The van der Waals surface area contributed by atoms with Gasteiger partial charge in [0.25, 0.3) is 5.78 Å². The van der Waals surface area contributed by atoms with Gasteiger partial charge < -0.3 is 4.52 Å². The topological polar surface area (TPSA) is 86.0 Å². The van der Waals surface area contributed by atoms with Crippen LogP contribution < -0.4 is 0 Å². The van der Waals surface area contributed by atoms with Crippen LogP contribution in [0.15, 0.2) is 47.4 Å². The van der Waals surface area contributed by atoms with E-state index in [1.54, 1.807) is 36.7 Å². The summed E-state index contributed by atoms with van der Waals surface area (Å²) < 4.78 is 5.30. The summed E-state index contributed by atoms with van der Waals surface area (Å²) in [5.41, 5.74) is 1.71. The van der Waals surface area contributed by atoms with Gasteiger partial charge in [-0.2, -0.15) is 0 Å². The summed E-state index contributed by atoms with van der Waals surface area (Å²) in [5.74, 6) is -1.02. The molecule has 21 heavy (non-hydrogen) atoms. The third-order valence-electron chi connectivity index (χ3n) is 3.33. The fourth-order valence-corrected chi connectivity index (χ4v) is 2.38. The Balaban J connectivity index is 2.02. The van der Waals surface area contributed by atoms with Crippen molar-refractivity contribution in [3.63, 3.8) is 0 Å². The van der Waals surface area contributed by atoms with Gasteiger partial charge in [-0.1, -0.05) is 5.16 Å². The van der Waals surface area contributed by atoms with Crippen molar-refractivity contribution in [3.05, 3.63) is 54.1 Å². The smallest absolute Gasteiger partial charge is 0.252 e. The summed E-state index contributed by atoms with van der Waals surface area (Å²) in [6.45, 7) is 0. The van der Waals surface area contributed by atoms with Gasteiger partial charge in [-0.15, -0.1) is 0 Å². The third kappa shape index (κ3) is 1.56. The van der Waals surface area contributed by atoms with Gasteiger partial charge in [-0.3, -0.25) is 19.6 Å². The molecule has 3 aromatic rings. The molecule has 0 aromatic carbocycles. The van der Waals surface area contributed by atoms with Gasteiger partial charge in [-0.05, 0) is 24.3 Å². The molecule has 4 rings (SSSR count). The zero-order chi connectivity index (χ0) is 14.4. The lowest BCUT2D eigenvalue weighted by Gasteiger charge is -2.11. The van der Waals surface area contributed by atoms with Crippen LogP contribution in [-0.2, 0) is 0 Å². The lowest BCUT2D eigenvalue weighted by Crippen LogP contribution is -2.22. The predicted molar refractivity (Wildman–Crippen MR) is 71.6 cm³/mol. The minimum absolute atomic E-state index is 0.101. The number of nitrogens with zero attached hydrogens (tertiary/aromatic N) is 3. The highest BCUT2D eigenvalue weighted by Crippen LogP contribution is 2.37. The van der Waals surface area contributed by atoms with Gasteiger partial charge in [0.15, 0.2) is 5.76 Å². The Labute approximate surface area is 118 Å². The lowest BCUT2D eigenvalue weighted by molar-refractivity contribution is 0.0812. The number of hydrogen-bond acceptors (Lipinski definition) is 6. The summed E-state index contributed by atoms with van der Waals surface area (Å²) in [4.78, 5) is 32.4. The first-order chi connectivity index (χ1) is 10.3. The third-order valence-corrected chi connectivity index (χ3v) is 3.33. The van der Waals surface area contributed by atoms with E-state index in [9.17, 15) is 9.59 Å². The van der Waals surface area contributed by atoms with Crippen LogP contribution in [0.4, 0.5) is 0 Å². The summed E-state index contributed by atoms with van der Waals surface area (Å²) >= 11 is 0. The van der Waals surface area contributed by atoms with E-state index in [4.69, 9.17) is 4.52 Å². The first-order valence-electron chi connectivity index (χ1n) is 6.22. The Bertz CT molecular complexity index is 871. The molecule has 0 amide bonds. The fraction of sp³-hybridized carbons (Fsp3) is 0. The molecule has 6 heteroatoms. The number of ketones is 2. The zero-order valence-electron chi connectivity index (χ0n) is 10.6. The van der Waals surface area contributed by atoms with Crippen molar-refractivity contribution < 1.29 is 14.1 Å². The standard InChI is InChI=1S/C15H7N3O3/c19-13-10-11(8-3-1-5-16-7-8)18-21-15(10)9-4-2-6-17-12(9)14(13)20/h1-7H. The maximum absolute atomic E-state index is 12.3. The van der Waals surface area contributed by atoms with Crippen molar-refractivity contribution in [2.45, 2.75) is 0 Å². The average Bonchev–Trinajstić information content (AvgIpc) is 2.99. The van der Waals surface area contributed by atoms with Crippen LogP contribution in [-0.4, -0.2) is 26.7 Å². The molecule has 0 aliphatic heterocycles. The molecular formula is C15H7N3O3. The summed E-state index contributed by atoms with van der Waals surface area (Å²) in [7, 11) is 0. The van der Waals surface area contributed by atoms with E-state index in [0.717, 1.165) is 0 Å². The monoisotopic (exact) mass is 277 g/mol. The van der Waals surface area contributed by atoms with Gasteiger partial charge in [0.05, 0.1) is 5.56 Å². The number of fused-ring (bicyclic) bond motifs is 3. The highest BCUT2D eigenvalue weighted by molar-refractivity contribution is 6.53. The van der Waals surface area contributed by atoms with Crippen molar-refractivity contribution in [2.24, 2.45) is 0 Å². The number of hydrogen-bond donors (Lipinski definition) is 0. The average molecular weight is 277 g/mol. The molecule has 0 radical (unpaired) electrons. The van der Waals surface area contributed by atoms with Crippen LogP contribution in [0.5, 0.6) is 0 Å². The van der Waals surface area contributed by atoms with E-state index in [0.29, 0.717) is 16.8 Å². The molecule has 0 unspecified atom stereocenters. The van der Waals surface area contributed by atoms with E-state index >= 15 is 0 Å². The minimum Gasteiger partial charge on any atom is -0.355 e. The molecule has 3 aromatic heterocycles. The highest BCUT2D eigenvalue weighted by Gasteiger charge is 2.37. The highest BCUT2D eigenvalue weighted by atomic mass is 16.5. The molecule has 1 aliphatic carbocycles. The zero-order valence-corrected chi connectivity index (χ0v) is 10.6. The molecule has 0 N–H and O–H groups in total. The Morgan fingerprint density at radius 2 is 1.81 bits per heavy atom. The Morgan fingerprint density at radius 3 is 2.62 bits per heavy atom. The van der Waals surface area contributed by atoms with Crippen LogP contribution in [0, 0.1) is 0 Å². The molecule has 0 saturated carbocycles. The number of Topliss-reactive ketones (excluding diaryl/α,β-unsaturated/α-hetero) is 2. The van der Waals surface area contributed by atoms with Gasteiger partial charge in [0.1, 0.15) is 17.0 Å². The predicted octanol–water partition coefficient (Wildman–Crippen LogP) is 2.18. The van der Waals surface area contributed by atoms with Gasteiger partial charge in [-0.25, -0.2) is 0 Å². The van der Waals surface area contributed by atoms with Crippen LogP contribution in [0.2, 0.25) is 0 Å². The molecule has 0 bridgehead atoms. The van der Waals surface area contributed by atoms with E-state index in [2.05, 4.69) is 15.1 Å². The quantitative estimate of drug-likeness (QED) is 0.634. The molecule has 0 saturated heterocycles. The number of pyridine rings is 2. The lowest BCUT2D eigenvalue weighted by atomic mass is 9.90. The van der Waals surface area contributed by atoms with Gasteiger partial charge in [0, 0.05) is 24.2 Å². The molecule has 3 heterocycles. The van der Waals surface area contributed by atoms with Crippen molar-refractivity contribution in [1.29, 1.82) is 0 Å². The van der Waals surface area contributed by atoms with E-state index < -0.39 is 11.6 Å². The van der Waals surface area contributed by atoms with E-state index in [1.807, 2.05) is 0 Å². The van der Waals surface area contributed by atoms with Crippen LogP contribution in [0.1, 0.15) is 20.8 Å². The first kappa shape index (κ1) is 11.7. The van der Waals surface area contributed by atoms with Gasteiger partial charge in [0.2, 0.25) is 5.78 Å². The molecule has 100 valence electrons. The maximum atomic E-state index is 12.3. The van der Waals surface area contributed by atoms with E-state index in [-0.39, 0.29) is 17.0 Å². The summed E-state index contributed by atoms with van der Waals surface area (Å²) in [6, 6.07) is 6.84. The Hall–Kier alpha value is -3.15. The maximum Gasteiger partial charge on any atom is 0.252 e. The summed E-state index contributed by atoms with van der Waals surface area (Å²) in [6.07, 6.45) is 4.64. The molecule has 0 spiro atoms. The van der Waals surface area contributed by atoms with Crippen molar-refractivity contribution in [3.8, 4) is 22.6 Å². The molecule has 6 nitrogen and oxygen atoms in total. The first-order valence-corrected chi connectivity index (χ1v) is 6.22. The van der Waals surface area contributed by atoms with Crippen LogP contribution in [0.3, 0.4) is 0 Å². The Kier molecular flexibility index (Phi) is 2.32. The second kappa shape index (κ2) is 4.17. The summed E-state index contributed by atoms with van der Waals surface area (Å²) in [5, 5.41) is 3.94. The molecular weight excluding hydrogens is 270 g/mol. The number of carbonyl (C=O) groups is 2. The van der Waals surface area contributed by atoms with Crippen LogP contribution in [0.25, 0.3) is 22.6 Å². The largest absolute Gasteiger partial charge is 0.355 e. The molecule has 1 aliphatic rings. The minimum atomic E-state index is -0.656. The number of carbonyl (C=O) groups excluding carboxylic acids is 2. The van der Waals surface area contributed by atoms with Crippen molar-refractivity contribution in [2.75, 3.05) is 0 Å². The molecule has 0 atom stereocenters. The number of rotatable bonds is 1. The molecule has 0 fully saturated rings. The Morgan fingerprint density at radius 1 is 0.952 bits per heavy atom. The van der Waals surface area contributed by atoms with Gasteiger partial charge >= 0.3 is 0 Å². The van der Waals surface area contributed by atoms with Crippen molar-refractivity contribution in [1.82, 2.24) is 15.1 Å². The normalized spacial score (nSPS) is 13.0. The van der Waals surface area contributed by atoms with Crippen molar-refractivity contribution >= 4 is 11.6 Å². The second-order valence-electron chi connectivity index (χ2n) is 4.53. The van der Waals surface area contributed by atoms with E-state index in [1.165, 1.54) is 6.20 Å². The number of aromatic nitrogens is 3. The second-order valence-corrected chi connectivity index (χ2v) is 4.53.